The van der Waals surface area contributed by atoms with Crippen LogP contribution in [0.1, 0.15) is 31.8 Å². The molecule has 0 fully saturated rings. The number of anilines is 1. The van der Waals surface area contributed by atoms with Gasteiger partial charge >= 0.3 is 0 Å². The molecule has 0 saturated carbocycles. The van der Waals surface area contributed by atoms with Gasteiger partial charge in [0.2, 0.25) is 5.91 Å². The van der Waals surface area contributed by atoms with Crippen LogP contribution in [0.4, 0.5) is 5.69 Å². The number of imide groups is 1. The number of thioether (sulfide) groups is 1. The van der Waals surface area contributed by atoms with E-state index in [0.717, 1.165) is 16.0 Å². The molecular formula is C18H16N2O3S. The van der Waals surface area contributed by atoms with Gasteiger partial charge in [-0.3, -0.25) is 19.7 Å². The second-order valence-electron chi connectivity index (χ2n) is 5.70. The van der Waals surface area contributed by atoms with E-state index >= 15 is 0 Å². The molecule has 2 N–H and O–H groups in total. The Labute approximate surface area is 143 Å². The van der Waals surface area contributed by atoms with E-state index in [1.165, 1.54) is 17.8 Å². The van der Waals surface area contributed by atoms with Crippen molar-refractivity contribution in [2.24, 2.45) is 0 Å². The summed E-state index contributed by atoms with van der Waals surface area (Å²) in [7, 11) is 0. The highest BCUT2D eigenvalue weighted by atomic mass is 32.2. The lowest BCUT2D eigenvalue weighted by atomic mass is 10.1. The Morgan fingerprint density at radius 1 is 1.00 bits per heavy atom. The summed E-state index contributed by atoms with van der Waals surface area (Å²) in [5.41, 5.74) is 3.45. The third-order valence-corrected chi connectivity index (χ3v) is 4.56. The Balaban J connectivity index is 1.64. The van der Waals surface area contributed by atoms with Crippen LogP contribution in [-0.4, -0.2) is 23.5 Å². The molecule has 0 aliphatic carbocycles. The third-order valence-electron chi connectivity index (χ3n) is 3.58. The smallest absolute Gasteiger partial charge is 0.259 e. The Morgan fingerprint density at radius 2 is 1.67 bits per heavy atom. The summed E-state index contributed by atoms with van der Waals surface area (Å²) in [6, 6.07) is 10.8. The molecule has 24 heavy (non-hydrogen) atoms. The van der Waals surface area contributed by atoms with Crippen LogP contribution in [0.3, 0.4) is 0 Å². The molecule has 122 valence electrons. The van der Waals surface area contributed by atoms with E-state index in [2.05, 4.69) is 16.7 Å². The highest BCUT2D eigenvalue weighted by molar-refractivity contribution is 8.00. The summed E-state index contributed by atoms with van der Waals surface area (Å²) in [4.78, 5) is 36.3. The summed E-state index contributed by atoms with van der Waals surface area (Å²) in [5, 5.41) is 4.98. The van der Waals surface area contributed by atoms with Gasteiger partial charge in [0.15, 0.2) is 0 Å². The number of hydrogen-bond acceptors (Lipinski definition) is 4. The topological polar surface area (TPSA) is 75.3 Å². The van der Waals surface area contributed by atoms with Gasteiger partial charge in [0.1, 0.15) is 0 Å². The standard InChI is InChI=1S/C18H16N2O3S/c1-10-5-11(2)7-13(6-10)24-9-16(21)19-12-3-4-14-15(8-12)18(23)20-17(14)22/h3-8H,9H2,1-2H3,(H,19,21)(H,20,22,23). The van der Waals surface area contributed by atoms with E-state index in [1.807, 2.05) is 26.0 Å². The Bertz CT molecular complexity index is 841. The number of carbonyl (C=O) groups is 3. The molecule has 0 aromatic heterocycles. The largest absolute Gasteiger partial charge is 0.325 e. The van der Waals surface area contributed by atoms with Crippen LogP contribution >= 0.6 is 11.8 Å². The van der Waals surface area contributed by atoms with Crippen LogP contribution < -0.4 is 10.6 Å². The SMILES string of the molecule is Cc1cc(C)cc(SCC(=O)Nc2ccc3c(c2)C(=O)NC3=O)c1. The Kier molecular flexibility index (Phi) is 4.40. The van der Waals surface area contributed by atoms with Crippen molar-refractivity contribution in [2.45, 2.75) is 18.7 Å². The number of hydrogen-bond donors (Lipinski definition) is 2. The molecule has 3 amide bonds. The number of aryl methyl sites for hydroxylation is 2. The molecule has 0 spiro atoms. The van der Waals surface area contributed by atoms with Gasteiger partial charge in [-0.15, -0.1) is 11.8 Å². The maximum absolute atomic E-state index is 12.1. The molecule has 0 saturated heterocycles. The van der Waals surface area contributed by atoms with Crippen molar-refractivity contribution in [3.8, 4) is 0 Å². The predicted molar refractivity (Wildman–Crippen MR) is 93.5 cm³/mol. The summed E-state index contributed by atoms with van der Waals surface area (Å²) in [6.45, 7) is 4.04. The lowest BCUT2D eigenvalue weighted by molar-refractivity contribution is -0.113. The fraction of sp³-hybridized carbons (Fsp3) is 0.167. The zero-order valence-corrected chi connectivity index (χ0v) is 14.1. The maximum atomic E-state index is 12.1. The molecule has 1 aliphatic rings. The highest BCUT2D eigenvalue weighted by Crippen LogP contribution is 2.23. The first-order chi connectivity index (χ1) is 11.4. The number of rotatable bonds is 4. The fourth-order valence-electron chi connectivity index (χ4n) is 2.61. The van der Waals surface area contributed by atoms with Gasteiger partial charge in [0.25, 0.3) is 11.8 Å². The number of amides is 3. The average molecular weight is 340 g/mol. The number of fused-ring (bicyclic) bond motifs is 1. The lowest BCUT2D eigenvalue weighted by Crippen LogP contribution is -2.19. The van der Waals surface area contributed by atoms with E-state index < -0.39 is 11.8 Å². The Hall–Kier alpha value is -2.60. The van der Waals surface area contributed by atoms with Crippen LogP contribution in [0.2, 0.25) is 0 Å². The molecule has 1 heterocycles. The van der Waals surface area contributed by atoms with Crippen molar-refractivity contribution in [3.63, 3.8) is 0 Å². The first kappa shape index (κ1) is 16.3. The van der Waals surface area contributed by atoms with Crippen LogP contribution in [0.15, 0.2) is 41.3 Å². The van der Waals surface area contributed by atoms with Crippen molar-refractivity contribution in [1.82, 2.24) is 5.32 Å². The summed E-state index contributed by atoms with van der Waals surface area (Å²) >= 11 is 1.46. The van der Waals surface area contributed by atoms with E-state index in [4.69, 9.17) is 0 Å². The molecule has 0 atom stereocenters. The van der Waals surface area contributed by atoms with Gasteiger partial charge in [0.05, 0.1) is 16.9 Å². The van der Waals surface area contributed by atoms with Crippen LogP contribution in [0.25, 0.3) is 0 Å². The molecule has 2 aromatic rings. The number of benzene rings is 2. The molecule has 6 heteroatoms. The maximum Gasteiger partial charge on any atom is 0.259 e. The lowest BCUT2D eigenvalue weighted by Gasteiger charge is -2.07. The van der Waals surface area contributed by atoms with Crippen molar-refractivity contribution in [2.75, 3.05) is 11.1 Å². The monoisotopic (exact) mass is 340 g/mol. The minimum absolute atomic E-state index is 0.163. The molecule has 0 radical (unpaired) electrons. The second kappa shape index (κ2) is 6.49. The van der Waals surface area contributed by atoms with Crippen LogP contribution in [-0.2, 0) is 4.79 Å². The highest BCUT2D eigenvalue weighted by Gasteiger charge is 2.26. The summed E-state index contributed by atoms with van der Waals surface area (Å²) < 4.78 is 0. The molecule has 0 unspecified atom stereocenters. The Morgan fingerprint density at radius 3 is 2.38 bits per heavy atom. The van der Waals surface area contributed by atoms with Gasteiger partial charge in [-0.1, -0.05) is 6.07 Å². The molecule has 5 nitrogen and oxygen atoms in total. The minimum Gasteiger partial charge on any atom is -0.325 e. The van der Waals surface area contributed by atoms with Crippen LogP contribution in [0, 0.1) is 13.8 Å². The zero-order valence-electron chi connectivity index (χ0n) is 13.3. The van der Waals surface area contributed by atoms with Gasteiger partial charge in [-0.25, -0.2) is 0 Å². The van der Waals surface area contributed by atoms with Gasteiger partial charge < -0.3 is 5.32 Å². The first-order valence-corrected chi connectivity index (χ1v) is 8.41. The van der Waals surface area contributed by atoms with Gasteiger partial charge in [0, 0.05) is 10.6 Å². The van der Waals surface area contributed by atoms with Gasteiger partial charge in [-0.2, -0.15) is 0 Å². The quantitative estimate of drug-likeness (QED) is 0.663. The minimum atomic E-state index is -0.435. The van der Waals surface area contributed by atoms with E-state index in [-0.39, 0.29) is 11.7 Å². The van der Waals surface area contributed by atoms with Crippen molar-refractivity contribution in [1.29, 1.82) is 0 Å². The van der Waals surface area contributed by atoms with Crippen molar-refractivity contribution >= 4 is 35.2 Å². The normalized spacial score (nSPS) is 12.8. The van der Waals surface area contributed by atoms with Crippen molar-refractivity contribution in [3.05, 3.63) is 58.7 Å². The van der Waals surface area contributed by atoms with Crippen molar-refractivity contribution < 1.29 is 14.4 Å². The average Bonchev–Trinajstić information content (AvgIpc) is 2.79. The van der Waals surface area contributed by atoms with E-state index in [1.54, 1.807) is 12.1 Å². The fourth-order valence-corrected chi connectivity index (χ4v) is 3.52. The summed E-state index contributed by atoms with van der Waals surface area (Å²) in [5.74, 6) is -0.733. The molecule has 3 rings (SSSR count). The third kappa shape index (κ3) is 3.49. The second-order valence-corrected chi connectivity index (χ2v) is 6.75. The molecule has 2 aromatic carbocycles. The zero-order chi connectivity index (χ0) is 17.3. The van der Waals surface area contributed by atoms with Crippen LogP contribution in [0.5, 0.6) is 0 Å². The first-order valence-electron chi connectivity index (χ1n) is 7.43. The molecule has 1 aliphatic heterocycles. The van der Waals surface area contributed by atoms with E-state index in [9.17, 15) is 14.4 Å². The van der Waals surface area contributed by atoms with E-state index in [0.29, 0.717) is 16.8 Å². The van der Waals surface area contributed by atoms with Gasteiger partial charge in [-0.05, 0) is 55.3 Å². The molecule has 0 bridgehead atoms. The number of nitrogens with one attached hydrogen (secondary N) is 2. The number of carbonyl (C=O) groups excluding carboxylic acids is 3. The predicted octanol–water partition coefficient (Wildman–Crippen LogP) is 2.92. The molecular weight excluding hydrogens is 324 g/mol. The summed E-state index contributed by atoms with van der Waals surface area (Å²) in [6.07, 6.45) is 0.